The number of amides is 2. The van der Waals surface area contributed by atoms with Gasteiger partial charge in [-0.3, -0.25) is 14.9 Å². The van der Waals surface area contributed by atoms with E-state index in [1.54, 1.807) is 24.3 Å². The number of nitrogens with zero attached hydrogens (tertiary/aromatic N) is 1. The fourth-order valence-electron chi connectivity index (χ4n) is 2.58. The van der Waals surface area contributed by atoms with Gasteiger partial charge in [0.15, 0.2) is 6.54 Å². The molecule has 0 saturated carbocycles. The van der Waals surface area contributed by atoms with Crippen LogP contribution in [0.25, 0.3) is 11.5 Å². The predicted octanol–water partition coefficient (Wildman–Crippen LogP) is 3.61. The van der Waals surface area contributed by atoms with Crippen LogP contribution in [0.5, 0.6) is 5.95 Å². The number of carbonyl (C=O) groups excluding carboxylic acids is 2. The molecule has 0 unspecified atom stereocenters. The maximum Gasteiger partial charge on any atom is 0.384 e. The van der Waals surface area contributed by atoms with Crippen molar-refractivity contribution < 1.29 is 23.7 Å². The third-order valence-corrected chi connectivity index (χ3v) is 4.33. The summed E-state index contributed by atoms with van der Waals surface area (Å²) in [6, 6.07) is 18.1. The van der Waals surface area contributed by atoms with Crippen LogP contribution < -0.4 is 9.88 Å². The van der Waals surface area contributed by atoms with E-state index < -0.39 is 21.6 Å². The first-order chi connectivity index (χ1) is 13.3. The molecule has 144 valence electrons. The summed E-state index contributed by atoms with van der Waals surface area (Å²) >= 11 is 16.5. The summed E-state index contributed by atoms with van der Waals surface area (Å²) in [5, 5.41) is 12.2. The van der Waals surface area contributed by atoms with Crippen LogP contribution in [-0.4, -0.2) is 20.7 Å². The Labute approximate surface area is 175 Å². The van der Waals surface area contributed by atoms with Gasteiger partial charge in [0.2, 0.25) is 0 Å². The van der Waals surface area contributed by atoms with Crippen molar-refractivity contribution in [2.75, 3.05) is 0 Å². The van der Waals surface area contributed by atoms with Gasteiger partial charge < -0.3 is 9.52 Å². The van der Waals surface area contributed by atoms with E-state index in [0.29, 0.717) is 5.56 Å². The third-order valence-electron chi connectivity index (χ3n) is 3.81. The Morgan fingerprint density at radius 2 is 1.57 bits per heavy atom. The number of hydrogen-bond acceptors (Lipinski definition) is 4. The first-order valence-electron chi connectivity index (χ1n) is 8.05. The minimum atomic E-state index is -2.33. The normalized spacial score (nSPS) is 11.2. The third kappa shape index (κ3) is 4.47. The lowest BCUT2D eigenvalue weighted by molar-refractivity contribution is -0.681. The van der Waals surface area contributed by atoms with Crippen LogP contribution in [0.15, 0.2) is 65.1 Å². The molecule has 2 N–H and O–H groups in total. The van der Waals surface area contributed by atoms with Crippen LogP contribution in [0, 0.1) is 0 Å². The van der Waals surface area contributed by atoms with E-state index in [0.717, 1.165) is 5.56 Å². The zero-order valence-electron chi connectivity index (χ0n) is 14.2. The van der Waals surface area contributed by atoms with Crippen molar-refractivity contribution in [2.45, 2.75) is 10.3 Å². The van der Waals surface area contributed by atoms with Crippen LogP contribution >= 0.6 is 34.8 Å². The molecule has 3 rings (SSSR count). The van der Waals surface area contributed by atoms with Crippen LogP contribution in [0.1, 0.15) is 16.1 Å². The molecule has 0 radical (unpaired) electrons. The number of aromatic hydroxyl groups is 1. The molecule has 1 aromatic heterocycles. The monoisotopic (exact) mass is 439 g/mol. The second kappa shape index (κ2) is 8.22. The molecule has 0 aliphatic rings. The summed E-state index contributed by atoms with van der Waals surface area (Å²) in [6.45, 7) is 0.194. The van der Waals surface area contributed by atoms with E-state index >= 15 is 0 Å². The Balaban J connectivity index is 2.07. The molecule has 0 atom stereocenters. The zero-order valence-corrected chi connectivity index (χ0v) is 16.5. The van der Waals surface area contributed by atoms with Gasteiger partial charge in [-0.1, -0.05) is 83.3 Å². The molecular formula is C19H14Cl3N2O4+. The lowest BCUT2D eigenvalue weighted by Crippen LogP contribution is -2.47. The Kier molecular flexibility index (Phi) is 5.93. The van der Waals surface area contributed by atoms with Crippen molar-refractivity contribution in [3.63, 3.8) is 0 Å². The molecule has 1 heterocycles. The molecule has 2 aromatic carbocycles. The van der Waals surface area contributed by atoms with Gasteiger partial charge in [-0.2, -0.15) is 0 Å². The van der Waals surface area contributed by atoms with Crippen molar-refractivity contribution in [2.24, 2.45) is 0 Å². The van der Waals surface area contributed by atoms with Crippen molar-refractivity contribution >= 4 is 46.6 Å². The van der Waals surface area contributed by atoms with Gasteiger partial charge in [0.1, 0.15) is 0 Å². The number of rotatable bonds is 4. The summed E-state index contributed by atoms with van der Waals surface area (Å²) in [5.74, 6) is -2.54. The summed E-state index contributed by atoms with van der Waals surface area (Å²) in [4.78, 5) is 24.5. The number of hydrogen-bond donors (Lipinski definition) is 2. The fourth-order valence-corrected chi connectivity index (χ4v) is 2.72. The lowest BCUT2D eigenvalue weighted by Gasteiger charge is -2.08. The molecule has 2 amide bonds. The van der Waals surface area contributed by atoms with Gasteiger partial charge in [-0.25, -0.2) is 0 Å². The van der Waals surface area contributed by atoms with E-state index in [9.17, 15) is 14.7 Å². The van der Waals surface area contributed by atoms with Gasteiger partial charge in [0.05, 0.1) is 5.56 Å². The Hall–Kier alpha value is -2.54. The number of carbonyl (C=O) groups is 2. The second-order valence-corrected chi connectivity index (χ2v) is 8.06. The zero-order chi connectivity index (χ0) is 20.3. The van der Waals surface area contributed by atoms with Gasteiger partial charge >= 0.3 is 23.4 Å². The van der Waals surface area contributed by atoms with E-state index in [1.165, 1.54) is 4.57 Å². The van der Waals surface area contributed by atoms with Crippen LogP contribution in [0.2, 0.25) is 0 Å². The summed E-state index contributed by atoms with van der Waals surface area (Å²) in [5.41, 5.74) is 1.19. The minimum Gasteiger partial charge on any atom is -0.476 e. The van der Waals surface area contributed by atoms with Crippen molar-refractivity contribution in [3.8, 4) is 17.4 Å². The highest BCUT2D eigenvalue weighted by atomic mass is 35.6. The van der Waals surface area contributed by atoms with Crippen LogP contribution in [0.3, 0.4) is 0 Å². The highest BCUT2D eigenvalue weighted by Gasteiger charge is 2.39. The first kappa shape index (κ1) is 20.2. The fraction of sp³-hybridized carbons (Fsp3) is 0.105. The molecular weight excluding hydrogens is 427 g/mol. The number of oxazole rings is 1. The molecule has 0 bridgehead atoms. The summed E-state index contributed by atoms with van der Waals surface area (Å²) in [7, 11) is 0. The molecule has 0 aliphatic heterocycles. The van der Waals surface area contributed by atoms with E-state index in [1.807, 2.05) is 41.7 Å². The summed E-state index contributed by atoms with van der Waals surface area (Å²) < 4.78 is 4.55. The van der Waals surface area contributed by atoms with Crippen molar-refractivity contribution in [1.29, 1.82) is 0 Å². The van der Waals surface area contributed by atoms with Gasteiger partial charge in [0.25, 0.3) is 9.70 Å². The predicted molar refractivity (Wildman–Crippen MR) is 104 cm³/mol. The average Bonchev–Trinajstić information content (AvgIpc) is 2.98. The largest absolute Gasteiger partial charge is 0.476 e. The molecule has 0 fully saturated rings. The number of aromatic nitrogens is 1. The number of nitrogens with one attached hydrogen (secondary N) is 1. The standard InChI is InChI=1S/C19H13Cl3N2O4/c20-19(21,22)18(27)23-15(25)14-17(26)28-16(13-9-5-2-6-10-13)24(14)11-12-7-3-1-4-8-12/h1-10H,11H2,(H-,23,25,26,27)/p+1. The highest BCUT2D eigenvalue weighted by Crippen LogP contribution is 2.28. The second-order valence-electron chi connectivity index (χ2n) is 5.78. The van der Waals surface area contributed by atoms with Crippen LogP contribution in [-0.2, 0) is 11.3 Å². The summed E-state index contributed by atoms with van der Waals surface area (Å²) in [6.07, 6.45) is 0. The molecule has 28 heavy (non-hydrogen) atoms. The number of benzene rings is 2. The van der Waals surface area contributed by atoms with Crippen molar-refractivity contribution in [3.05, 3.63) is 71.9 Å². The van der Waals surface area contributed by atoms with E-state index in [2.05, 4.69) is 0 Å². The quantitative estimate of drug-likeness (QED) is 0.479. The first-order valence-corrected chi connectivity index (χ1v) is 9.18. The minimum absolute atomic E-state index is 0.194. The van der Waals surface area contributed by atoms with Gasteiger partial charge in [-0.15, -0.1) is 4.57 Å². The number of alkyl halides is 3. The number of halogens is 3. The number of imide groups is 1. The SMILES string of the molecule is O=C(NC(=O)C(Cl)(Cl)Cl)c1c(O)oc(-c2ccccc2)[n+]1Cc1ccccc1. The Bertz CT molecular complexity index is 999. The highest BCUT2D eigenvalue weighted by molar-refractivity contribution is 6.76. The van der Waals surface area contributed by atoms with Gasteiger partial charge in [0, 0.05) is 5.56 Å². The topological polar surface area (TPSA) is 83.4 Å². The molecule has 0 aliphatic carbocycles. The smallest absolute Gasteiger partial charge is 0.384 e. The van der Waals surface area contributed by atoms with Crippen LogP contribution in [0.4, 0.5) is 0 Å². The average molecular weight is 441 g/mol. The van der Waals surface area contributed by atoms with Crippen molar-refractivity contribution in [1.82, 2.24) is 5.32 Å². The molecule has 9 heteroatoms. The van der Waals surface area contributed by atoms with Gasteiger partial charge in [-0.05, 0) is 12.1 Å². The lowest BCUT2D eigenvalue weighted by atomic mass is 10.2. The molecule has 3 aromatic rings. The molecule has 6 nitrogen and oxygen atoms in total. The Morgan fingerprint density at radius 1 is 1.00 bits per heavy atom. The van der Waals surface area contributed by atoms with E-state index in [4.69, 9.17) is 39.2 Å². The Morgan fingerprint density at radius 3 is 2.14 bits per heavy atom. The molecule has 0 spiro atoms. The maximum atomic E-state index is 12.6. The molecule has 0 saturated heterocycles. The maximum absolute atomic E-state index is 12.6. The van der Waals surface area contributed by atoms with E-state index in [-0.39, 0.29) is 18.1 Å².